The summed E-state index contributed by atoms with van der Waals surface area (Å²) in [4.78, 5) is 21.6. The molecule has 0 saturated heterocycles. The van der Waals surface area contributed by atoms with Crippen LogP contribution in [0.5, 0.6) is 0 Å². The molecule has 0 aliphatic heterocycles. The largest absolute Gasteiger partial charge is 0.477 e. The maximum absolute atomic E-state index is 11.2. The van der Waals surface area contributed by atoms with E-state index < -0.39 is 5.97 Å². The number of rotatable bonds is 3. The van der Waals surface area contributed by atoms with Gasteiger partial charge < -0.3 is 5.11 Å². The van der Waals surface area contributed by atoms with Gasteiger partial charge in [0.1, 0.15) is 21.1 Å². The normalized spacial score (nSPS) is 11.0. The number of aromatic nitrogens is 2. The summed E-state index contributed by atoms with van der Waals surface area (Å²) in [6, 6.07) is 7.47. The average molecular weight is 337 g/mol. The monoisotopic (exact) mass is 336 g/mol. The van der Waals surface area contributed by atoms with E-state index >= 15 is 0 Å². The van der Waals surface area contributed by atoms with Crippen LogP contribution >= 0.6 is 34.7 Å². The predicted molar refractivity (Wildman–Crippen MR) is 84.7 cm³/mol. The SMILES string of the molecule is Cc1c(C(=O)O)sc2ncnc(Sc3ccccc3Cl)c12. The van der Waals surface area contributed by atoms with Gasteiger partial charge in [0.2, 0.25) is 0 Å². The average Bonchev–Trinajstić information content (AvgIpc) is 2.80. The highest BCUT2D eigenvalue weighted by atomic mass is 35.5. The molecule has 0 saturated carbocycles. The second-order valence-electron chi connectivity index (χ2n) is 4.25. The lowest BCUT2D eigenvalue weighted by Crippen LogP contribution is -1.94. The number of aromatic carboxylic acids is 1. The van der Waals surface area contributed by atoms with Gasteiger partial charge in [0, 0.05) is 10.3 Å². The van der Waals surface area contributed by atoms with Crippen molar-refractivity contribution in [1.29, 1.82) is 0 Å². The molecule has 2 heterocycles. The predicted octanol–water partition coefficient (Wildman–Crippen LogP) is 4.50. The quantitative estimate of drug-likeness (QED) is 0.713. The maximum atomic E-state index is 11.2. The lowest BCUT2D eigenvalue weighted by molar-refractivity contribution is 0.0701. The van der Waals surface area contributed by atoms with Gasteiger partial charge in [0.05, 0.1) is 5.02 Å². The van der Waals surface area contributed by atoms with Crippen LogP contribution < -0.4 is 0 Å². The van der Waals surface area contributed by atoms with E-state index in [-0.39, 0.29) is 0 Å². The summed E-state index contributed by atoms with van der Waals surface area (Å²) in [5.41, 5.74) is 0.692. The van der Waals surface area contributed by atoms with E-state index in [0.717, 1.165) is 21.6 Å². The van der Waals surface area contributed by atoms with Crippen LogP contribution in [-0.2, 0) is 0 Å². The third-order valence-electron chi connectivity index (χ3n) is 2.93. The Morgan fingerprint density at radius 3 is 2.81 bits per heavy atom. The topological polar surface area (TPSA) is 63.1 Å². The number of thiophene rings is 1. The lowest BCUT2D eigenvalue weighted by atomic mass is 10.2. The van der Waals surface area contributed by atoms with E-state index in [2.05, 4.69) is 9.97 Å². The van der Waals surface area contributed by atoms with Gasteiger partial charge in [0.25, 0.3) is 0 Å². The molecule has 3 aromatic rings. The summed E-state index contributed by atoms with van der Waals surface area (Å²) < 4.78 is 0. The Morgan fingerprint density at radius 1 is 1.33 bits per heavy atom. The molecule has 1 N–H and O–H groups in total. The number of benzene rings is 1. The van der Waals surface area contributed by atoms with Crippen molar-refractivity contribution in [2.45, 2.75) is 16.8 Å². The second kappa shape index (κ2) is 5.63. The molecule has 0 atom stereocenters. The molecule has 2 aromatic heterocycles. The molecular weight excluding hydrogens is 328 g/mol. The summed E-state index contributed by atoms with van der Waals surface area (Å²) in [6.07, 6.45) is 1.45. The van der Waals surface area contributed by atoms with Gasteiger partial charge in [-0.3, -0.25) is 0 Å². The van der Waals surface area contributed by atoms with Crippen molar-refractivity contribution in [1.82, 2.24) is 9.97 Å². The number of hydrogen-bond donors (Lipinski definition) is 1. The highest BCUT2D eigenvalue weighted by Gasteiger charge is 2.19. The van der Waals surface area contributed by atoms with Crippen LogP contribution in [0.3, 0.4) is 0 Å². The fourth-order valence-corrected chi connectivity index (χ4v) is 4.23. The van der Waals surface area contributed by atoms with Gasteiger partial charge in [-0.05, 0) is 24.6 Å². The Labute approximate surface area is 133 Å². The molecule has 21 heavy (non-hydrogen) atoms. The molecule has 0 radical (unpaired) electrons. The molecule has 3 rings (SSSR count). The smallest absolute Gasteiger partial charge is 0.346 e. The first-order valence-electron chi connectivity index (χ1n) is 5.97. The Hall–Kier alpha value is -1.63. The molecular formula is C14H9ClN2O2S2. The summed E-state index contributed by atoms with van der Waals surface area (Å²) >= 11 is 8.74. The van der Waals surface area contributed by atoms with Crippen LogP contribution in [0.1, 0.15) is 15.2 Å². The number of fused-ring (bicyclic) bond motifs is 1. The van der Waals surface area contributed by atoms with Crippen LogP contribution in [0.15, 0.2) is 40.5 Å². The van der Waals surface area contributed by atoms with Crippen molar-refractivity contribution < 1.29 is 9.90 Å². The molecule has 0 spiro atoms. The minimum absolute atomic E-state index is 0.298. The zero-order valence-electron chi connectivity index (χ0n) is 10.8. The van der Waals surface area contributed by atoms with Gasteiger partial charge in [-0.15, -0.1) is 11.3 Å². The van der Waals surface area contributed by atoms with Gasteiger partial charge in [0.15, 0.2) is 0 Å². The van der Waals surface area contributed by atoms with Gasteiger partial charge in [-0.25, -0.2) is 14.8 Å². The van der Waals surface area contributed by atoms with Crippen LogP contribution in [0.2, 0.25) is 5.02 Å². The summed E-state index contributed by atoms with van der Waals surface area (Å²) in [5.74, 6) is -0.941. The maximum Gasteiger partial charge on any atom is 0.346 e. The molecule has 0 aliphatic rings. The second-order valence-corrected chi connectivity index (χ2v) is 6.69. The van der Waals surface area contributed by atoms with Crippen LogP contribution in [0.25, 0.3) is 10.2 Å². The summed E-state index contributed by atoms with van der Waals surface area (Å²) in [7, 11) is 0. The molecule has 0 unspecified atom stereocenters. The fraction of sp³-hybridized carbons (Fsp3) is 0.0714. The number of halogens is 1. The Kier molecular flexibility index (Phi) is 3.84. The van der Waals surface area contributed by atoms with E-state index in [0.29, 0.717) is 25.3 Å². The van der Waals surface area contributed by atoms with Crippen molar-refractivity contribution in [3.05, 3.63) is 46.1 Å². The third-order valence-corrected chi connectivity index (χ3v) is 5.64. The molecule has 1 aromatic carbocycles. The van der Waals surface area contributed by atoms with Gasteiger partial charge in [-0.1, -0.05) is 35.5 Å². The number of hydrogen-bond acceptors (Lipinski definition) is 5. The lowest BCUT2D eigenvalue weighted by Gasteiger charge is -2.04. The van der Waals surface area contributed by atoms with E-state index in [9.17, 15) is 9.90 Å². The number of carboxylic acid groups (broad SMARTS) is 1. The van der Waals surface area contributed by atoms with Crippen molar-refractivity contribution >= 4 is 50.9 Å². The number of aryl methyl sites for hydroxylation is 1. The number of carboxylic acids is 1. The standard InChI is InChI=1S/C14H9ClN2O2S2/c1-7-10-12(20-9-5-3-2-4-8(9)15)16-6-17-13(10)21-11(7)14(18)19/h2-6H,1H3,(H,18,19). The van der Waals surface area contributed by atoms with Crippen molar-refractivity contribution in [2.24, 2.45) is 0 Å². The first-order valence-corrected chi connectivity index (χ1v) is 7.99. The van der Waals surface area contributed by atoms with Crippen LogP contribution in [0.4, 0.5) is 0 Å². The molecule has 7 heteroatoms. The van der Waals surface area contributed by atoms with E-state index in [1.54, 1.807) is 6.92 Å². The first-order chi connectivity index (χ1) is 10.1. The number of carbonyl (C=O) groups is 1. The van der Waals surface area contributed by atoms with Crippen LogP contribution in [0, 0.1) is 6.92 Å². The van der Waals surface area contributed by atoms with E-state index in [1.807, 2.05) is 24.3 Å². The summed E-state index contributed by atoms with van der Waals surface area (Å²) in [6.45, 7) is 1.78. The van der Waals surface area contributed by atoms with Crippen LogP contribution in [-0.4, -0.2) is 21.0 Å². The Balaban J connectivity index is 2.15. The highest BCUT2D eigenvalue weighted by molar-refractivity contribution is 7.99. The molecule has 106 valence electrons. The molecule has 0 bridgehead atoms. The third kappa shape index (κ3) is 2.62. The summed E-state index contributed by atoms with van der Waals surface area (Å²) in [5, 5.41) is 11.4. The van der Waals surface area contributed by atoms with E-state index in [1.165, 1.54) is 18.1 Å². The fourth-order valence-electron chi connectivity index (χ4n) is 1.95. The first kappa shape index (κ1) is 14.3. The van der Waals surface area contributed by atoms with Gasteiger partial charge >= 0.3 is 5.97 Å². The molecule has 0 fully saturated rings. The zero-order valence-corrected chi connectivity index (χ0v) is 13.2. The molecule has 4 nitrogen and oxygen atoms in total. The molecule has 0 aliphatic carbocycles. The van der Waals surface area contributed by atoms with Crippen molar-refractivity contribution in [3.8, 4) is 0 Å². The minimum atomic E-state index is -0.941. The Morgan fingerprint density at radius 2 is 2.10 bits per heavy atom. The van der Waals surface area contributed by atoms with Crippen molar-refractivity contribution in [2.75, 3.05) is 0 Å². The Bertz CT molecular complexity index is 848. The van der Waals surface area contributed by atoms with Gasteiger partial charge in [-0.2, -0.15) is 0 Å². The number of nitrogens with zero attached hydrogens (tertiary/aromatic N) is 2. The highest BCUT2D eigenvalue weighted by Crippen LogP contribution is 2.39. The zero-order chi connectivity index (χ0) is 15.0. The minimum Gasteiger partial charge on any atom is -0.477 e. The van der Waals surface area contributed by atoms with E-state index in [4.69, 9.17) is 11.6 Å². The molecule has 0 amide bonds. The van der Waals surface area contributed by atoms with Crippen molar-refractivity contribution in [3.63, 3.8) is 0 Å².